The van der Waals surface area contributed by atoms with Gasteiger partial charge in [-0.05, 0) is 18.6 Å². The van der Waals surface area contributed by atoms with E-state index in [1.54, 1.807) is 0 Å². The van der Waals surface area contributed by atoms with Gasteiger partial charge in [-0.3, -0.25) is 10.1 Å². The molecule has 0 saturated heterocycles. The minimum Gasteiger partial charge on any atom is -0.258 e. The van der Waals surface area contributed by atoms with Crippen LogP contribution >= 0.6 is 23.4 Å². The SMILES string of the molecule is CC(CCCl)Sc1ccc(F)cc1[N+](=O)[O-]. The summed E-state index contributed by atoms with van der Waals surface area (Å²) in [4.78, 5) is 10.6. The maximum Gasteiger partial charge on any atom is 0.285 e. The molecule has 0 fully saturated rings. The fraction of sp³-hybridized carbons (Fsp3) is 0.400. The van der Waals surface area contributed by atoms with Crippen molar-refractivity contribution in [1.29, 1.82) is 0 Å². The summed E-state index contributed by atoms with van der Waals surface area (Å²) in [7, 11) is 0. The fourth-order valence-electron chi connectivity index (χ4n) is 1.16. The van der Waals surface area contributed by atoms with E-state index in [2.05, 4.69) is 0 Å². The van der Waals surface area contributed by atoms with Gasteiger partial charge < -0.3 is 0 Å². The molecule has 1 aromatic rings. The Kier molecular flexibility index (Phi) is 5.02. The minimum absolute atomic E-state index is 0.168. The molecule has 1 atom stereocenters. The predicted molar refractivity (Wildman–Crippen MR) is 63.7 cm³/mol. The Hall–Kier alpha value is -0.810. The van der Waals surface area contributed by atoms with Gasteiger partial charge in [-0.1, -0.05) is 6.92 Å². The molecule has 6 heteroatoms. The maximum atomic E-state index is 12.9. The van der Waals surface area contributed by atoms with Gasteiger partial charge in [-0.15, -0.1) is 23.4 Å². The average Bonchev–Trinajstić information content (AvgIpc) is 2.20. The highest BCUT2D eigenvalue weighted by atomic mass is 35.5. The molecule has 1 aromatic carbocycles. The van der Waals surface area contributed by atoms with Crippen LogP contribution in [0.15, 0.2) is 23.1 Å². The van der Waals surface area contributed by atoms with Gasteiger partial charge in [-0.2, -0.15) is 0 Å². The number of alkyl halides is 1. The predicted octanol–water partition coefficient (Wildman–Crippen LogP) is 3.84. The highest BCUT2D eigenvalue weighted by Gasteiger charge is 2.17. The maximum absolute atomic E-state index is 12.9. The second kappa shape index (κ2) is 6.06. The summed E-state index contributed by atoms with van der Waals surface area (Å²) >= 11 is 6.92. The third-order valence-electron chi connectivity index (χ3n) is 1.96. The molecule has 0 aliphatic carbocycles. The molecule has 0 N–H and O–H groups in total. The molecule has 0 heterocycles. The highest BCUT2D eigenvalue weighted by Crippen LogP contribution is 2.33. The summed E-state index contributed by atoms with van der Waals surface area (Å²) in [5, 5.41) is 10.9. The molecule has 0 aromatic heterocycles. The van der Waals surface area contributed by atoms with Crippen LogP contribution in [0.4, 0.5) is 10.1 Å². The van der Waals surface area contributed by atoms with Crippen molar-refractivity contribution in [2.45, 2.75) is 23.5 Å². The Morgan fingerprint density at radius 3 is 2.88 bits per heavy atom. The van der Waals surface area contributed by atoms with Crippen molar-refractivity contribution in [2.75, 3.05) is 5.88 Å². The van der Waals surface area contributed by atoms with Crippen LogP contribution in [0.5, 0.6) is 0 Å². The first-order chi connectivity index (χ1) is 7.54. The van der Waals surface area contributed by atoms with E-state index in [1.165, 1.54) is 23.9 Å². The van der Waals surface area contributed by atoms with Crippen molar-refractivity contribution in [1.82, 2.24) is 0 Å². The molecular weight excluding hydrogens is 253 g/mol. The number of nitro groups is 1. The van der Waals surface area contributed by atoms with Crippen molar-refractivity contribution >= 4 is 29.1 Å². The van der Waals surface area contributed by atoms with E-state index in [1.807, 2.05) is 6.92 Å². The smallest absolute Gasteiger partial charge is 0.258 e. The number of hydrogen-bond donors (Lipinski definition) is 0. The molecule has 1 rings (SSSR count). The van der Waals surface area contributed by atoms with Crippen molar-refractivity contribution in [3.05, 3.63) is 34.1 Å². The van der Waals surface area contributed by atoms with Crippen molar-refractivity contribution in [3.8, 4) is 0 Å². The third kappa shape index (κ3) is 3.64. The molecule has 0 radical (unpaired) electrons. The summed E-state index contributed by atoms with van der Waals surface area (Å²) in [6.07, 6.45) is 0.751. The molecular formula is C10H11ClFNO2S. The lowest BCUT2D eigenvalue weighted by Crippen LogP contribution is -1.99. The molecule has 3 nitrogen and oxygen atoms in total. The molecule has 1 unspecified atom stereocenters. The van der Waals surface area contributed by atoms with Gasteiger partial charge in [-0.25, -0.2) is 4.39 Å². The average molecular weight is 264 g/mol. The van der Waals surface area contributed by atoms with Gasteiger partial charge in [0.2, 0.25) is 0 Å². The van der Waals surface area contributed by atoms with Crippen molar-refractivity contribution < 1.29 is 9.31 Å². The summed E-state index contributed by atoms with van der Waals surface area (Å²) in [6.45, 7) is 1.93. The Morgan fingerprint density at radius 2 is 2.31 bits per heavy atom. The molecule has 0 amide bonds. The summed E-state index contributed by atoms with van der Waals surface area (Å²) in [5.41, 5.74) is -0.188. The third-order valence-corrected chi connectivity index (χ3v) is 3.42. The second-order valence-corrected chi connectivity index (χ2v) is 5.13. The zero-order chi connectivity index (χ0) is 12.1. The van der Waals surface area contributed by atoms with Crippen LogP contribution < -0.4 is 0 Å². The lowest BCUT2D eigenvalue weighted by molar-refractivity contribution is -0.387. The van der Waals surface area contributed by atoms with Gasteiger partial charge in [0.15, 0.2) is 0 Å². The first-order valence-electron chi connectivity index (χ1n) is 4.71. The molecule has 88 valence electrons. The lowest BCUT2D eigenvalue weighted by Gasteiger charge is -2.09. The van der Waals surface area contributed by atoms with Crippen LogP contribution in [0.3, 0.4) is 0 Å². The van der Waals surface area contributed by atoms with E-state index in [0.717, 1.165) is 12.5 Å². The van der Waals surface area contributed by atoms with Crippen LogP contribution in [0, 0.1) is 15.9 Å². The quantitative estimate of drug-likeness (QED) is 0.351. The lowest BCUT2D eigenvalue weighted by atomic mass is 10.3. The van der Waals surface area contributed by atoms with Crippen molar-refractivity contribution in [2.24, 2.45) is 0 Å². The summed E-state index contributed by atoms with van der Waals surface area (Å²) < 4.78 is 12.9. The van der Waals surface area contributed by atoms with Crippen molar-refractivity contribution in [3.63, 3.8) is 0 Å². The highest BCUT2D eigenvalue weighted by molar-refractivity contribution is 8.00. The summed E-state index contributed by atoms with van der Waals surface area (Å²) in [5.74, 6) is -0.0931. The van der Waals surface area contributed by atoms with E-state index >= 15 is 0 Å². The largest absolute Gasteiger partial charge is 0.285 e. The fourth-order valence-corrected chi connectivity index (χ4v) is 2.69. The summed E-state index contributed by atoms with van der Waals surface area (Å²) in [6, 6.07) is 3.60. The minimum atomic E-state index is -0.596. The van der Waals surface area contributed by atoms with E-state index in [9.17, 15) is 14.5 Å². The number of nitrogens with zero attached hydrogens (tertiary/aromatic N) is 1. The number of hydrogen-bond acceptors (Lipinski definition) is 3. The number of benzene rings is 1. The van der Waals surface area contributed by atoms with Gasteiger partial charge in [0.1, 0.15) is 5.82 Å². The molecule has 0 spiro atoms. The first-order valence-corrected chi connectivity index (χ1v) is 6.12. The van der Waals surface area contributed by atoms with E-state index in [0.29, 0.717) is 10.8 Å². The molecule has 0 bridgehead atoms. The van der Waals surface area contributed by atoms with Crippen LogP contribution in [0.25, 0.3) is 0 Å². The first kappa shape index (κ1) is 13.3. The molecule has 0 saturated carbocycles. The van der Waals surface area contributed by atoms with E-state index in [-0.39, 0.29) is 10.9 Å². The van der Waals surface area contributed by atoms with E-state index in [4.69, 9.17) is 11.6 Å². The Balaban J connectivity index is 2.90. The van der Waals surface area contributed by atoms with Crippen LogP contribution in [0.2, 0.25) is 0 Å². The Labute approximate surface area is 102 Å². The number of thioether (sulfide) groups is 1. The second-order valence-electron chi connectivity index (χ2n) is 3.28. The zero-order valence-corrected chi connectivity index (χ0v) is 10.2. The molecule has 0 aliphatic rings. The van der Waals surface area contributed by atoms with Crippen LogP contribution in [-0.4, -0.2) is 16.1 Å². The Bertz CT molecular complexity index is 389. The van der Waals surface area contributed by atoms with Gasteiger partial charge in [0, 0.05) is 11.1 Å². The van der Waals surface area contributed by atoms with Gasteiger partial charge in [0.25, 0.3) is 5.69 Å². The normalized spacial score (nSPS) is 12.4. The van der Waals surface area contributed by atoms with Gasteiger partial charge in [0.05, 0.1) is 15.9 Å². The molecule has 0 aliphatic heterocycles. The standard InChI is InChI=1S/C10H11ClFNO2S/c1-7(4-5-11)16-10-3-2-8(12)6-9(10)13(14)15/h2-3,6-7H,4-5H2,1H3. The van der Waals surface area contributed by atoms with Crippen LogP contribution in [0.1, 0.15) is 13.3 Å². The van der Waals surface area contributed by atoms with Crippen LogP contribution in [-0.2, 0) is 0 Å². The van der Waals surface area contributed by atoms with E-state index < -0.39 is 10.7 Å². The zero-order valence-electron chi connectivity index (χ0n) is 8.65. The number of halogens is 2. The van der Waals surface area contributed by atoms with Gasteiger partial charge >= 0.3 is 0 Å². The Morgan fingerprint density at radius 1 is 1.62 bits per heavy atom. The monoisotopic (exact) mass is 263 g/mol. The topological polar surface area (TPSA) is 43.1 Å². The number of rotatable bonds is 5. The molecule has 16 heavy (non-hydrogen) atoms. The number of nitro benzene ring substituents is 1.